The SMILES string of the molecule is Cc1cc(C)c(-c2cc(C(C)(C)C)c(O)c(C(C)(C)C)c2)cc1C. The van der Waals surface area contributed by atoms with Crippen molar-refractivity contribution < 1.29 is 5.11 Å². The highest BCUT2D eigenvalue weighted by atomic mass is 16.3. The number of aryl methyl sites for hydroxylation is 3. The lowest BCUT2D eigenvalue weighted by atomic mass is 9.77. The quantitative estimate of drug-likeness (QED) is 0.628. The van der Waals surface area contributed by atoms with Crippen molar-refractivity contribution >= 4 is 0 Å². The molecule has 0 radical (unpaired) electrons. The molecular weight excluding hydrogens is 292 g/mol. The predicted molar refractivity (Wildman–Crippen MR) is 105 cm³/mol. The van der Waals surface area contributed by atoms with E-state index < -0.39 is 0 Å². The molecule has 2 aromatic rings. The maximum atomic E-state index is 10.9. The van der Waals surface area contributed by atoms with Crippen molar-refractivity contribution in [3.8, 4) is 16.9 Å². The van der Waals surface area contributed by atoms with Gasteiger partial charge in [0.1, 0.15) is 5.75 Å². The highest BCUT2D eigenvalue weighted by Gasteiger charge is 2.27. The van der Waals surface area contributed by atoms with E-state index in [4.69, 9.17) is 0 Å². The van der Waals surface area contributed by atoms with Gasteiger partial charge in [0.15, 0.2) is 0 Å². The van der Waals surface area contributed by atoms with Crippen LogP contribution in [0.2, 0.25) is 0 Å². The fraction of sp³-hybridized carbons (Fsp3) is 0.478. The number of phenols is 1. The van der Waals surface area contributed by atoms with Gasteiger partial charge in [0, 0.05) is 11.1 Å². The Morgan fingerprint density at radius 1 is 0.625 bits per heavy atom. The van der Waals surface area contributed by atoms with Crippen LogP contribution in [0.25, 0.3) is 11.1 Å². The molecular formula is C23H32O. The van der Waals surface area contributed by atoms with Crippen molar-refractivity contribution in [1.29, 1.82) is 0 Å². The maximum absolute atomic E-state index is 10.9. The zero-order valence-electron chi connectivity index (χ0n) is 16.8. The Hall–Kier alpha value is -1.76. The van der Waals surface area contributed by atoms with Gasteiger partial charge in [0.05, 0.1) is 0 Å². The van der Waals surface area contributed by atoms with Crippen LogP contribution in [0.15, 0.2) is 24.3 Å². The van der Waals surface area contributed by atoms with Crippen LogP contribution in [0.4, 0.5) is 0 Å². The molecule has 0 fully saturated rings. The van der Waals surface area contributed by atoms with Gasteiger partial charge < -0.3 is 5.11 Å². The van der Waals surface area contributed by atoms with Crippen LogP contribution in [0, 0.1) is 20.8 Å². The summed E-state index contributed by atoms with van der Waals surface area (Å²) in [7, 11) is 0. The van der Waals surface area contributed by atoms with Crippen LogP contribution in [0.3, 0.4) is 0 Å². The van der Waals surface area contributed by atoms with E-state index in [-0.39, 0.29) is 10.8 Å². The molecule has 0 heterocycles. The van der Waals surface area contributed by atoms with E-state index in [1.165, 1.54) is 27.8 Å². The summed E-state index contributed by atoms with van der Waals surface area (Å²) in [5, 5.41) is 10.9. The third-order valence-electron chi connectivity index (χ3n) is 4.88. The standard InChI is InChI=1S/C23H32O/c1-14-10-16(3)18(11-15(14)2)17-12-19(22(4,5)6)21(24)20(13-17)23(7,8)9/h10-13,24H,1-9H3. The summed E-state index contributed by atoms with van der Waals surface area (Å²) in [6.07, 6.45) is 0. The molecule has 1 heteroatoms. The molecule has 2 rings (SSSR count). The third kappa shape index (κ3) is 3.50. The van der Waals surface area contributed by atoms with Crippen LogP contribution in [-0.4, -0.2) is 5.11 Å². The van der Waals surface area contributed by atoms with E-state index in [9.17, 15) is 5.11 Å². The molecule has 0 aliphatic rings. The van der Waals surface area contributed by atoms with E-state index in [0.717, 1.165) is 11.1 Å². The minimum absolute atomic E-state index is 0.103. The van der Waals surface area contributed by atoms with Crippen molar-refractivity contribution in [1.82, 2.24) is 0 Å². The van der Waals surface area contributed by atoms with Crippen molar-refractivity contribution in [3.05, 3.63) is 52.1 Å². The number of benzene rings is 2. The fourth-order valence-corrected chi connectivity index (χ4v) is 3.20. The summed E-state index contributed by atoms with van der Waals surface area (Å²) in [6.45, 7) is 19.4. The Morgan fingerprint density at radius 2 is 1.04 bits per heavy atom. The Balaban J connectivity index is 2.83. The van der Waals surface area contributed by atoms with Crippen LogP contribution >= 0.6 is 0 Å². The second-order valence-electron chi connectivity index (χ2n) is 9.17. The van der Waals surface area contributed by atoms with Crippen LogP contribution < -0.4 is 0 Å². The summed E-state index contributed by atoms with van der Waals surface area (Å²) < 4.78 is 0. The average Bonchev–Trinajstić information content (AvgIpc) is 2.40. The molecule has 0 aliphatic carbocycles. The first-order chi connectivity index (χ1) is 10.8. The number of hydrogen-bond acceptors (Lipinski definition) is 1. The van der Waals surface area contributed by atoms with Crippen molar-refractivity contribution in [2.24, 2.45) is 0 Å². The molecule has 2 aromatic carbocycles. The summed E-state index contributed by atoms with van der Waals surface area (Å²) in [6, 6.07) is 8.87. The van der Waals surface area contributed by atoms with E-state index >= 15 is 0 Å². The Labute approximate surface area is 147 Å². The van der Waals surface area contributed by atoms with Crippen LogP contribution in [0.5, 0.6) is 5.75 Å². The van der Waals surface area contributed by atoms with Gasteiger partial charge in [-0.1, -0.05) is 53.7 Å². The van der Waals surface area contributed by atoms with Gasteiger partial charge in [-0.25, -0.2) is 0 Å². The van der Waals surface area contributed by atoms with Gasteiger partial charge in [-0.15, -0.1) is 0 Å². The molecule has 130 valence electrons. The molecule has 1 N–H and O–H groups in total. The van der Waals surface area contributed by atoms with Gasteiger partial charge in [-0.05, 0) is 71.6 Å². The zero-order chi connectivity index (χ0) is 18.4. The first kappa shape index (κ1) is 18.6. The Bertz CT molecular complexity index is 733. The summed E-state index contributed by atoms with van der Waals surface area (Å²) in [5.41, 5.74) is 8.19. The van der Waals surface area contributed by atoms with Crippen molar-refractivity contribution in [2.45, 2.75) is 73.1 Å². The molecule has 0 spiro atoms. The van der Waals surface area contributed by atoms with E-state index in [2.05, 4.69) is 86.6 Å². The van der Waals surface area contributed by atoms with Crippen LogP contribution in [0.1, 0.15) is 69.4 Å². The monoisotopic (exact) mass is 324 g/mol. The molecule has 0 atom stereocenters. The number of aromatic hydroxyl groups is 1. The summed E-state index contributed by atoms with van der Waals surface area (Å²) in [5.74, 6) is 0.445. The molecule has 0 saturated carbocycles. The smallest absolute Gasteiger partial charge is 0.123 e. The minimum Gasteiger partial charge on any atom is -0.507 e. The molecule has 0 saturated heterocycles. The predicted octanol–water partition coefficient (Wildman–Crippen LogP) is 6.58. The topological polar surface area (TPSA) is 20.2 Å². The molecule has 0 aromatic heterocycles. The van der Waals surface area contributed by atoms with Gasteiger partial charge >= 0.3 is 0 Å². The third-order valence-corrected chi connectivity index (χ3v) is 4.88. The lowest BCUT2D eigenvalue weighted by Crippen LogP contribution is -2.17. The molecule has 24 heavy (non-hydrogen) atoms. The maximum Gasteiger partial charge on any atom is 0.123 e. The first-order valence-corrected chi connectivity index (χ1v) is 8.78. The lowest BCUT2D eigenvalue weighted by molar-refractivity contribution is 0.423. The van der Waals surface area contributed by atoms with Crippen molar-refractivity contribution in [3.63, 3.8) is 0 Å². The van der Waals surface area contributed by atoms with Gasteiger partial charge in [0.2, 0.25) is 0 Å². The number of hydrogen-bond donors (Lipinski definition) is 1. The summed E-state index contributed by atoms with van der Waals surface area (Å²) in [4.78, 5) is 0. The second-order valence-corrected chi connectivity index (χ2v) is 9.17. The molecule has 0 unspecified atom stereocenters. The normalized spacial score (nSPS) is 12.5. The Morgan fingerprint density at radius 3 is 1.46 bits per heavy atom. The zero-order valence-corrected chi connectivity index (χ0v) is 16.8. The fourth-order valence-electron chi connectivity index (χ4n) is 3.20. The van der Waals surface area contributed by atoms with E-state index in [1.807, 2.05) is 0 Å². The van der Waals surface area contributed by atoms with E-state index in [1.54, 1.807) is 0 Å². The highest BCUT2D eigenvalue weighted by molar-refractivity contribution is 5.72. The Kier molecular flexibility index (Phi) is 4.61. The molecule has 0 bridgehead atoms. The van der Waals surface area contributed by atoms with Gasteiger partial charge in [-0.2, -0.15) is 0 Å². The average molecular weight is 325 g/mol. The largest absolute Gasteiger partial charge is 0.507 e. The summed E-state index contributed by atoms with van der Waals surface area (Å²) >= 11 is 0. The first-order valence-electron chi connectivity index (χ1n) is 8.78. The number of phenolic OH excluding ortho intramolecular Hbond substituents is 1. The number of rotatable bonds is 1. The second kappa shape index (κ2) is 5.95. The minimum atomic E-state index is -0.103. The van der Waals surface area contributed by atoms with Gasteiger partial charge in [0.25, 0.3) is 0 Å². The molecule has 1 nitrogen and oxygen atoms in total. The van der Waals surface area contributed by atoms with Crippen LogP contribution in [-0.2, 0) is 10.8 Å². The van der Waals surface area contributed by atoms with Gasteiger partial charge in [-0.3, -0.25) is 0 Å². The highest BCUT2D eigenvalue weighted by Crippen LogP contribution is 2.42. The molecule has 0 amide bonds. The molecule has 0 aliphatic heterocycles. The lowest BCUT2D eigenvalue weighted by Gasteiger charge is -2.28. The van der Waals surface area contributed by atoms with E-state index in [0.29, 0.717) is 5.75 Å². The van der Waals surface area contributed by atoms with Crippen molar-refractivity contribution in [2.75, 3.05) is 0 Å².